The second-order valence-electron chi connectivity index (χ2n) is 10.3. The third kappa shape index (κ3) is 3.09. The number of methoxy groups -OCH3 is 1. The minimum atomic E-state index is -0.145. The summed E-state index contributed by atoms with van der Waals surface area (Å²) in [6.45, 7) is 10.9. The molecule has 4 rings (SSSR count). The summed E-state index contributed by atoms with van der Waals surface area (Å²) in [6, 6.07) is 0. The van der Waals surface area contributed by atoms with Gasteiger partial charge in [0, 0.05) is 18.3 Å². The van der Waals surface area contributed by atoms with Gasteiger partial charge >= 0.3 is 5.97 Å². The Bertz CT molecular complexity index is 752. The second-order valence-corrected chi connectivity index (χ2v) is 10.3. The van der Waals surface area contributed by atoms with Gasteiger partial charge in [-0.1, -0.05) is 32.9 Å². The molecule has 0 aromatic rings. The molecule has 4 aliphatic rings. The van der Waals surface area contributed by atoms with Crippen LogP contribution in [0.25, 0.3) is 0 Å². The van der Waals surface area contributed by atoms with Gasteiger partial charge in [-0.05, 0) is 67.8 Å². The van der Waals surface area contributed by atoms with Crippen molar-refractivity contribution in [1.29, 1.82) is 0 Å². The molecule has 0 amide bonds. The molecule has 3 saturated carbocycles. The van der Waals surface area contributed by atoms with Crippen molar-refractivity contribution in [3.63, 3.8) is 0 Å². The number of allylic oxidation sites excluding steroid dienone is 2. The van der Waals surface area contributed by atoms with Gasteiger partial charge in [-0.15, -0.1) is 0 Å². The lowest BCUT2D eigenvalue weighted by atomic mass is 9.45. The number of carbonyl (C=O) groups excluding carboxylic acids is 2. The maximum absolute atomic E-state index is 12.9. The van der Waals surface area contributed by atoms with Crippen LogP contribution in [-0.4, -0.2) is 25.0 Å². The van der Waals surface area contributed by atoms with Gasteiger partial charge in [0.15, 0.2) is 5.78 Å². The Balaban J connectivity index is 1.71. The van der Waals surface area contributed by atoms with Gasteiger partial charge in [0.25, 0.3) is 0 Å². The van der Waals surface area contributed by atoms with Crippen molar-refractivity contribution >= 4 is 11.8 Å². The van der Waals surface area contributed by atoms with Crippen LogP contribution in [0.3, 0.4) is 0 Å². The summed E-state index contributed by atoms with van der Waals surface area (Å²) >= 11 is 0. The highest BCUT2D eigenvalue weighted by molar-refractivity contribution is 5.92. The number of carbonyl (C=O) groups is 2. The van der Waals surface area contributed by atoms with E-state index in [0.29, 0.717) is 30.6 Å². The zero-order valence-electron chi connectivity index (χ0n) is 18.5. The van der Waals surface area contributed by atoms with E-state index in [4.69, 9.17) is 9.47 Å². The summed E-state index contributed by atoms with van der Waals surface area (Å²) < 4.78 is 11.6. The lowest BCUT2D eigenvalue weighted by Crippen LogP contribution is -2.55. The fourth-order valence-electron chi connectivity index (χ4n) is 7.38. The molecule has 0 spiro atoms. The normalized spacial score (nSPS) is 43.5. The highest BCUT2D eigenvalue weighted by Crippen LogP contribution is 2.67. The largest absolute Gasteiger partial charge is 0.495 e. The molecule has 3 fully saturated rings. The van der Waals surface area contributed by atoms with Crippen molar-refractivity contribution in [1.82, 2.24) is 0 Å². The zero-order valence-corrected chi connectivity index (χ0v) is 18.5. The van der Waals surface area contributed by atoms with E-state index in [2.05, 4.69) is 27.4 Å². The standard InChI is InChI=1S/C25H36O4/c1-6-15(2)29-21-8-7-19-22-18(23(27)28-5)14-16-13-17(26)9-11-24(16,3)20(22)10-12-25(19,21)4/h13,18-22H,2,6-12,14H2,1,3-5H3/t18-,19?,20?,21?,22?,24?,25?/m1/s1. The maximum atomic E-state index is 12.9. The fraction of sp³-hybridized carbons (Fsp3) is 0.760. The lowest BCUT2D eigenvalue weighted by Gasteiger charge is -2.59. The van der Waals surface area contributed by atoms with Gasteiger partial charge in [0.05, 0.1) is 18.8 Å². The van der Waals surface area contributed by atoms with E-state index in [9.17, 15) is 9.59 Å². The van der Waals surface area contributed by atoms with E-state index in [1.165, 1.54) is 12.7 Å². The molecular formula is C25H36O4. The third-order valence-corrected chi connectivity index (χ3v) is 9.14. The Morgan fingerprint density at radius 3 is 2.66 bits per heavy atom. The van der Waals surface area contributed by atoms with Crippen LogP contribution in [0.5, 0.6) is 0 Å². The molecule has 0 aliphatic heterocycles. The summed E-state index contributed by atoms with van der Waals surface area (Å²) in [5, 5.41) is 0. The predicted octanol–water partition coefficient (Wildman–Crippen LogP) is 5.23. The summed E-state index contributed by atoms with van der Waals surface area (Å²) in [6.07, 6.45) is 9.46. The van der Waals surface area contributed by atoms with E-state index in [0.717, 1.165) is 44.3 Å². The quantitative estimate of drug-likeness (QED) is 0.479. The summed E-state index contributed by atoms with van der Waals surface area (Å²) in [4.78, 5) is 25.1. The van der Waals surface area contributed by atoms with Crippen molar-refractivity contribution in [2.45, 2.75) is 78.2 Å². The van der Waals surface area contributed by atoms with Crippen LogP contribution in [0.1, 0.15) is 72.1 Å². The third-order valence-electron chi connectivity index (χ3n) is 9.14. The predicted molar refractivity (Wildman–Crippen MR) is 112 cm³/mol. The Hall–Kier alpha value is -1.58. The van der Waals surface area contributed by atoms with Crippen LogP contribution in [0.15, 0.2) is 24.0 Å². The number of ether oxygens (including phenoxy) is 2. The SMILES string of the molecule is C=C(CC)OC1CCC2C3C(CCC12C)C1(C)CCC(=O)C=C1C[C@H]3C(=O)OC. The Morgan fingerprint density at radius 2 is 1.97 bits per heavy atom. The first kappa shape index (κ1) is 20.7. The van der Waals surface area contributed by atoms with Crippen molar-refractivity contribution < 1.29 is 19.1 Å². The molecule has 0 aromatic carbocycles. The first-order chi connectivity index (χ1) is 13.7. The maximum Gasteiger partial charge on any atom is 0.309 e. The van der Waals surface area contributed by atoms with Gasteiger partial charge in [-0.2, -0.15) is 0 Å². The van der Waals surface area contributed by atoms with E-state index in [-0.39, 0.29) is 34.6 Å². The van der Waals surface area contributed by atoms with Gasteiger partial charge < -0.3 is 9.47 Å². The van der Waals surface area contributed by atoms with Gasteiger partial charge in [-0.25, -0.2) is 0 Å². The zero-order chi connectivity index (χ0) is 21.0. The summed E-state index contributed by atoms with van der Waals surface area (Å²) in [5.41, 5.74) is 1.31. The molecular weight excluding hydrogens is 364 g/mol. The summed E-state index contributed by atoms with van der Waals surface area (Å²) in [7, 11) is 1.50. The van der Waals surface area contributed by atoms with E-state index in [1.54, 1.807) is 0 Å². The number of hydrogen-bond acceptors (Lipinski definition) is 4. The number of hydrogen-bond donors (Lipinski definition) is 0. The van der Waals surface area contributed by atoms with Crippen LogP contribution in [0, 0.1) is 34.5 Å². The monoisotopic (exact) mass is 400 g/mol. The second kappa shape index (κ2) is 7.28. The number of fused-ring (bicyclic) bond motifs is 5. The van der Waals surface area contributed by atoms with Gasteiger partial charge in [0.1, 0.15) is 6.10 Å². The summed E-state index contributed by atoms with van der Waals surface area (Å²) in [5.74, 6) is 2.03. The van der Waals surface area contributed by atoms with Crippen molar-refractivity contribution in [2.75, 3.05) is 7.11 Å². The van der Waals surface area contributed by atoms with Crippen molar-refractivity contribution in [3.05, 3.63) is 24.0 Å². The topological polar surface area (TPSA) is 52.6 Å². The van der Waals surface area contributed by atoms with Crippen LogP contribution in [0.2, 0.25) is 0 Å². The van der Waals surface area contributed by atoms with Crippen LogP contribution in [-0.2, 0) is 19.1 Å². The number of esters is 1. The molecule has 4 heteroatoms. The van der Waals surface area contributed by atoms with E-state index < -0.39 is 0 Å². The molecule has 4 aliphatic carbocycles. The molecule has 0 saturated heterocycles. The van der Waals surface area contributed by atoms with Crippen LogP contribution < -0.4 is 0 Å². The van der Waals surface area contributed by atoms with Crippen molar-refractivity contribution in [2.24, 2.45) is 34.5 Å². The lowest BCUT2D eigenvalue weighted by molar-refractivity contribution is -0.160. The fourth-order valence-corrected chi connectivity index (χ4v) is 7.38. The first-order valence-corrected chi connectivity index (χ1v) is 11.4. The average Bonchev–Trinajstić information content (AvgIpc) is 3.03. The average molecular weight is 401 g/mol. The molecule has 0 bridgehead atoms. The number of ketones is 1. The number of rotatable bonds is 4. The molecule has 0 heterocycles. The molecule has 6 unspecified atom stereocenters. The highest BCUT2D eigenvalue weighted by atomic mass is 16.5. The van der Waals surface area contributed by atoms with Crippen LogP contribution in [0.4, 0.5) is 0 Å². The Morgan fingerprint density at radius 1 is 1.21 bits per heavy atom. The molecule has 4 nitrogen and oxygen atoms in total. The highest BCUT2D eigenvalue weighted by Gasteiger charge is 2.63. The smallest absolute Gasteiger partial charge is 0.309 e. The minimum Gasteiger partial charge on any atom is -0.495 e. The minimum absolute atomic E-state index is 0.0381. The Kier molecular flexibility index (Phi) is 5.19. The van der Waals surface area contributed by atoms with E-state index in [1.807, 2.05) is 6.08 Å². The van der Waals surface area contributed by atoms with Crippen molar-refractivity contribution in [3.8, 4) is 0 Å². The molecule has 0 aromatic heterocycles. The first-order valence-electron chi connectivity index (χ1n) is 11.4. The molecule has 29 heavy (non-hydrogen) atoms. The van der Waals surface area contributed by atoms with E-state index >= 15 is 0 Å². The van der Waals surface area contributed by atoms with Gasteiger partial charge in [-0.3, -0.25) is 9.59 Å². The molecule has 160 valence electrons. The van der Waals surface area contributed by atoms with Crippen LogP contribution >= 0.6 is 0 Å². The molecule has 0 radical (unpaired) electrons. The van der Waals surface area contributed by atoms with Gasteiger partial charge in [0.2, 0.25) is 0 Å². The molecule has 7 atom stereocenters. The molecule has 0 N–H and O–H groups in total. The Labute approximate surface area is 175 Å².